The van der Waals surface area contributed by atoms with Gasteiger partial charge < -0.3 is 15.2 Å². The summed E-state index contributed by atoms with van der Waals surface area (Å²) in [5.41, 5.74) is 2.15. The normalized spacial score (nSPS) is 14.0. The van der Waals surface area contributed by atoms with E-state index in [9.17, 15) is 9.32 Å². The fourth-order valence-electron chi connectivity index (χ4n) is 1.86. The summed E-state index contributed by atoms with van der Waals surface area (Å²) in [6.07, 6.45) is -0.566. The van der Waals surface area contributed by atoms with E-state index in [2.05, 4.69) is 5.32 Å². The average Bonchev–Trinajstić information content (AvgIpc) is 2.42. The predicted octanol–water partition coefficient (Wildman–Crippen LogP) is 1.40. The van der Waals surface area contributed by atoms with E-state index in [1.54, 1.807) is 0 Å². The minimum Gasteiger partial charge on any atom is -0.490 e. The molecular weight excluding hydrogens is 274 g/mol. The van der Waals surface area contributed by atoms with Gasteiger partial charge in [-0.3, -0.25) is 4.21 Å². The Labute approximate surface area is 124 Å². The summed E-state index contributed by atoms with van der Waals surface area (Å²) in [7, 11) is -0.757. The zero-order valence-electron chi connectivity index (χ0n) is 12.5. The van der Waals surface area contributed by atoms with Gasteiger partial charge >= 0.3 is 0 Å². The summed E-state index contributed by atoms with van der Waals surface area (Å²) in [4.78, 5) is 0. The molecule has 5 heteroatoms. The van der Waals surface area contributed by atoms with Crippen LogP contribution in [0, 0.1) is 13.8 Å². The van der Waals surface area contributed by atoms with Gasteiger partial charge in [0.05, 0.1) is 0 Å². The van der Waals surface area contributed by atoms with Crippen LogP contribution in [0.1, 0.15) is 18.1 Å². The van der Waals surface area contributed by atoms with Gasteiger partial charge in [-0.25, -0.2) is 0 Å². The molecule has 20 heavy (non-hydrogen) atoms. The lowest BCUT2D eigenvalue weighted by Gasteiger charge is -2.16. The molecule has 2 atom stereocenters. The lowest BCUT2D eigenvalue weighted by molar-refractivity contribution is 0.106. The van der Waals surface area contributed by atoms with Gasteiger partial charge in [-0.2, -0.15) is 0 Å². The van der Waals surface area contributed by atoms with E-state index in [1.165, 1.54) is 0 Å². The quantitative estimate of drug-likeness (QED) is 0.677. The molecule has 0 saturated heterocycles. The molecule has 0 aromatic heterocycles. The van der Waals surface area contributed by atoms with Crippen LogP contribution in [0.3, 0.4) is 0 Å². The number of benzene rings is 1. The second-order valence-corrected chi connectivity index (χ2v) is 6.69. The van der Waals surface area contributed by atoms with Crippen LogP contribution >= 0.6 is 0 Å². The Morgan fingerprint density at radius 3 is 2.60 bits per heavy atom. The van der Waals surface area contributed by atoms with Crippen LogP contribution in [-0.2, 0) is 10.8 Å². The van der Waals surface area contributed by atoms with E-state index in [0.717, 1.165) is 16.9 Å². The first-order valence-electron chi connectivity index (χ1n) is 6.97. The number of hydrogen-bond acceptors (Lipinski definition) is 4. The van der Waals surface area contributed by atoms with Gasteiger partial charge in [0.1, 0.15) is 18.5 Å². The highest BCUT2D eigenvalue weighted by Gasteiger charge is 2.08. The summed E-state index contributed by atoms with van der Waals surface area (Å²) in [5, 5.41) is 12.9. The minimum atomic E-state index is -0.757. The van der Waals surface area contributed by atoms with Crippen molar-refractivity contribution >= 4 is 10.8 Å². The molecule has 1 aromatic carbocycles. The molecule has 0 amide bonds. The molecule has 0 aliphatic heterocycles. The smallest absolute Gasteiger partial charge is 0.125 e. The maximum atomic E-state index is 11.2. The first-order valence-corrected chi connectivity index (χ1v) is 8.46. The number of aliphatic hydroxyl groups excluding tert-OH is 1. The van der Waals surface area contributed by atoms with Crippen molar-refractivity contribution in [2.45, 2.75) is 26.9 Å². The monoisotopic (exact) mass is 299 g/mol. The molecule has 114 valence electrons. The van der Waals surface area contributed by atoms with Gasteiger partial charge in [-0.1, -0.05) is 25.1 Å². The summed E-state index contributed by atoms with van der Waals surface area (Å²) in [6, 6.07) is 5.98. The van der Waals surface area contributed by atoms with Crippen molar-refractivity contribution < 1.29 is 14.1 Å². The Kier molecular flexibility index (Phi) is 7.80. The first-order chi connectivity index (χ1) is 9.54. The second kappa shape index (κ2) is 9.10. The van der Waals surface area contributed by atoms with Crippen LogP contribution in [0.5, 0.6) is 5.75 Å². The van der Waals surface area contributed by atoms with Crippen LogP contribution in [-0.4, -0.2) is 46.6 Å². The third kappa shape index (κ3) is 6.03. The fourth-order valence-corrected chi connectivity index (χ4v) is 2.52. The number of nitrogens with one attached hydrogen (secondary N) is 1. The maximum absolute atomic E-state index is 11.2. The van der Waals surface area contributed by atoms with Crippen LogP contribution in [0.25, 0.3) is 0 Å². The van der Waals surface area contributed by atoms with Crippen molar-refractivity contribution in [1.82, 2.24) is 5.32 Å². The Morgan fingerprint density at radius 2 is 2.00 bits per heavy atom. The number of para-hydroxylation sites is 1. The summed E-state index contributed by atoms with van der Waals surface area (Å²) >= 11 is 0. The molecule has 0 heterocycles. The average molecular weight is 299 g/mol. The van der Waals surface area contributed by atoms with E-state index >= 15 is 0 Å². The lowest BCUT2D eigenvalue weighted by atomic mass is 10.1. The Hall–Kier alpha value is -0.910. The standard InChI is InChI=1S/C15H25NO3S/c1-4-20(18)9-8-16-10-14(17)11-19-15-12(2)6-5-7-13(15)3/h5-7,14,16-17H,4,8-11H2,1-3H3. The van der Waals surface area contributed by atoms with E-state index in [4.69, 9.17) is 4.74 Å². The molecule has 2 unspecified atom stereocenters. The molecule has 0 bridgehead atoms. The third-order valence-electron chi connectivity index (χ3n) is 3.04. The van der Waals surface area contributed by atoms with Gasteiger partial charge in [0.15, 0.2) is 0 Å². The van der Waals surface area contributed by atoms with Crippen LogP contribution in [0.4, 0.5) is 0 Å². The Bertz CT molecular complexity index is 417. The molecule has 0 spiro atoms. The SMILES string of the molecule is CCS(=O)CCNCC(O)COc1c(C)cccc1C. The van der Waals surface area contributed by atoms with Crippen molar-refractivity contribution in [2.75, 3.05) is 31.2 Å². The van der Waals surface area contributed by atoms with E-state index in [-0.39, 0.29) is 6.61 Å². The highest BCUT2D eigenvalue weighted by Crippen LogP contribution is 2.22. The van der Waals surface area contributed by atoms with Gasteiger partial charge in [-0.05, 0) is 25.0 Å². The molecule has 0 aliphatic rings. The van der Waals surface area contributed by atoms with E-state index in [0.29, 0.717) is 24.6 Å². The molecular formula is C15H25NO3S. The van der Waals surface area contributed by atoms with E-state index < -0.39 is 16.9 Å². The zero-order chi connectivity index (χ0) is 15.0. The summed E-state index contributed by atoms with van der Waals surface area (Å²) < 4.78 is 16.9. The Morgan fingerprint density at radius 1 is 1.35 bits per heavy atom. The largest absolute Gasteiger partial charge is 0.490 e. The second-order valence-electron chi connectivity index (χ2n) is 4.82. The molecule has 4 nitrogen and oxygen atoms in total. The van der Waals surface area contributed by atoms with Crippen LogP contribution in [0.2, 0.25) is 0 Å². The molecule has 1 aromatic rings. The number of ether oxygens (including phenoxy) is 1. The molecule has 0 fully saturated rings. The van der Waals surface area contributed by atoms with Crippen molar-refractivity contribution in [1.29, 1.82) is 0 Å². The number of hydrogen-bond donors (Lipinski definition) is 2. The summed E-state index contributed by atoms with van der Waals surface area (Å²) in [6.45, 7) is 7.26. The molecule has 2 N–H and O–H groups in total. The lowest BCUT2D eigenvalue weighted by Crippen LogP contribution is -2.33. The van der Waals surface area contributed by atoms with Gasteiger partial charge in [0.25, 0.3) is 0 Å². The number of aliphatic hydroxyl groups is 1. The van der Waals surface area contributed by atoms with Gasteiger partial charge in [-0.15, -0.1) is 0 Å². The topological polar surface area (TPSA) is 58.6 Å². The molecule has 1 rings (SSSR count). The maximum Gasteiger partial charge on any atom is 0.125 e. The third-order valence-corrected chi connectivity index (χ3v) is 4.34. The fraction of sp³-hybridized carbons (Fsp3) is 0.600. The Balaban J connectivity index is 2.26. The molecule has 0 saturated carbocycles. The van der Waals surface area contributed by atoms with Crippen molar-refractivity contribution in [3.8, 4) is 5.75 Å². The predicted molar refractivity (Wildman–Crippen MR) is 83.8 cm³/mol. The van der Waals surface area contributed by atoms with Crippen LogP contribution in [0.15, 0.2) is 18.2 Å². The molecule has 0 aliphatic carbocycles. The van der Waals surface area contributed by atoms with Crippen molar-refractivity contribution in [2.24, 2.45) is 0 Å². The minimum absolute atomic E-state index is 0.259. The zero-order valence-corrected chi connectivity index (χ0v) is 13.3. The van der Waals surface area contributed by atoms with Crippen molar-refractivity contribution in [3.63, 3.8) is 0 Å². The highest BCUT2D eigenvalue weighted by atomic mass is 32.2. The molecule has 0 radical (unpaired) electrons. The van der Waals surface area contributed by atoms with Crippen molar-refractivity contribution in [3.05, 3.63) is 29.3 Å². The van der Waals surface area contributed by atoms with Gasteiger partial charge in [0, 0.05) is 35.4 Å². The van der Waals surface area contributed by atoms with E-state index in [1.807, 2.05) is 39.0 Å². The number of rotatable bonds is 9. The summed E-state index contributed by atoms with van der Waals surface area (Å²) in [5.74, 6) is 2.15. The number of aryl methyl sites for hydroxylation is 2. The highest BCUT2D eigenvalue weighted by molar-refractivity contribution is 7.84. The first kappa shape index (κ1) is 17.1. The van der Waals surface area contributed by atoms with Gasteiger partial charge in [0.2, 0.25) is 0 Å². The van der Waals surface area contributed by atoms with Crippen LogP contribution < -0.4 is 10.1 Å².